The van der Waals surface area contributed by atoms with Gasteiger partial charge in [0.25, 0.3) is 0 Å². The molecule has 0 atom stereocenters. The summed E-state index contributed by atoms with van der Waals surface area (Å²) in [6, 6.07) is 2.76. The van der Waals surface area contributed by atoms with Gasteiger partial charge in [0.2, 0.25) is 0 Å². The van der Waals surface area contributed by atoms with Gasteiger partial charge in [0.15, 0.2) is 0 Å². The van der Waals surface area contributed by atoms with Crippen molar-refractivity contribution < 1.29 is 8.78 Å². The van der Waals surface area contributed by atoms with Crippen molar-refractivity contribution in [2.24, 2.45) is 0 Å². The molecule has 1 aromatic rings. The van der Waals surface area contributed by atoms with Gasteiger partial charge in [0, 0.05) is 10.5 Å². The van der Waals surface area contributed by atoms with E-state index in [1.807, 2.05) is 0 Å². The predicted octanol–water partition coefficient (Wildman–Crippen LogP) is 3.81. The Morgan fingerprint density at radius 1 is 1.15 bits per heavy atom. The molecule has 0 bridgehead atoms. The number of benzene rings is 1. The Morgan fingerprint density at radius 3 is 1.92 bits per heavy atom. The minimum atomic E-state index is -0.445. The zero-order chi connectivity index (χ0) is 10.0. The maximum Gasteiger partial charge on any atom is 0.130 e. The summed E-state index contributed by atoms with van der Waals surface area (Å²) in [5.74, 6) is -1.00. The van der Waals surface area contributed by atoms with Crippen molar-refractivity contribution in [3.05, 3.63) is 29.3 Å². The molecule has 0 radical (unpaired) electrons. The van der Waals surface area contributed by atoms with E-state index < -0.39 is 11.6 Å². The van der Waals surface area contributed by atoms with E-state index in [2.05, 4.69) is 0 Å². The fourth-order valence-electron chi connectivity index (χ4n) is 1.23. The first-order valence-corrected chi connectivity index (χ1v) is 5.31. The molecule has 0 spiro atoms. The van der Waals surface area contributed by atoms with Crippen LogP contribution >= 0.6 is 11.8 Å². The van der Waals surface area contributed by atoms with Gasteiger partial charge < -0.3 is 0 Å². The van der Waals surface area contributed by atoms with Crippen molar-refractivity contribution in [2.75, 3.05) is 6.26 Å². The molecule has 1 rings (SSSR count). The van der Waals surface area contributed by atoms with Crippen molar-refractivity contribution in [3.8, 4) is 0 Å². The lowest BCUT2D eigenvalue weighted by atomic mass is 10.0. The molecule has 0 saturated carbocycles. The Hall–Kier alpha value is -0.570. The Morgan fingerprint density at radius 2 is 1.62 bits per heavy atom. The van der Waals surface area contributed by atoms with Crippen LogP contribution in [0.3, 0.4) is 0 Å². The number of hydrogen-bond acceptors (Lipinski definition) is 1. The van der Waals surface area contributed by atoms with Crippen LogP contribution in [-0.2, 0) is 0 Å². The van der Waals surface area contributed by atoms with Crippen molar-refractivity contribution in [2.45, 2.75) is 24.7 Å². The van der Waals surface area contributed by atoms with Crippen LogP contribution in [0, 0.1) is 11.6 Å². The lowest BCUT2D eigenvalue weighted by Gasteiger charge is -2.09. The molecular weight excluding hydrogens is 190 g/mol. The van der Waals surface area contributed by atoms with Crippen LogP contribution in [0.4, 0.5) is 8.78 Å². The SMILES string of the molecule is CSc1cc(F)c(C(C)C)c(F)c1. The first-order valence-electron chi connectivity index (χ1n) is 4.09. The highest BCUT2D eigenvalue weighted by molar-refractivity contribution is 7.98. The number of halogens is 2. The van der Waals surface area contributed by atoms with Gasteiger partial charge >= 0.3 is 0 Å². The quantitative estimate of drug-likeness (QED) is 0.657. The van der Waals surface area contributed by atoms with Gasteiger partial charge in [-0.2, -0.15) is 0 Å². The highest BCUT2D eigenvalue weighted by Crippen LogP contribution is 2.26. The van der Waals surface area contributed by atoms with E-state index in [4.69, 9.17) is 0 Å². The molecule has 13 heavy (non-hydrogen) atoms. The van der Waals surface area contributed by atoms with E-state index in [1.165, 1.54) is 23.9 Å². The molecule has 0 heterocycles. The molecule has 0 fully saturated rings. The molecule has 0 aliphatic heterocycles. The monoisotopic (exact) mass is 202 g/mol. The van der Waals surface area contributed by atoms with Gasteiger partial charge in [-0.1, -0.05) is 13.8 Å². The van der Waals surface area contributed by atoms with Crippen LogP contribution < -0.4 is 0 Å². The normalized spacial score (nSPS) is 10.9. The average Bonchev–Trinajstić information content (AvgIpc) is 2.02. The van der Waals surface area contributed by atoms with Crippen molar-refractivity contribution >= 4 is 11.8 Å². The summed E-state index contributed by atoms with van der Waals surface area (Å²) in [4.78, 5) is 0.624. The van der Waals surface area contributed by atoms with E-state index in [9.17, 15) is 8.78 Å². The minimum absolute atomic E-state index is 0.115. The average molecular weight is 202 g/mol. The predicted molar refractivity (Wildman–Crippen MR) is 52.2 cm³/mol. The number of hydrogen-bond donors (Lipinski definition) is 0. The molecule has 0 N–H and O–H groups in total. The largest absolute Gasteiger partial charge is 0.207 e. The van der Waals surface area contributed by atoms with Crippen LogP contribution in [-0.4, -0.2) is 6.26 Å². The van der Waals surface area contributed by atoms with Gasteiger partial charge in [-0.3, -0.25) is 0 Å². The van der Waals surface area contributed by atoms with Crippen LogP contribution in [0.2, 0.25) is 0 Å². The van der Waals surface area contributed by atoms with Crippen LogP contribution in [0.15, 0.2) is 17.0 Å². The van der Waals surface area contributed by atoms with E-state index in [0.717, 1.165) is 0 Å². The summed E-state index contributed by atoms with van der Waals surface area (Å²) >= 11 is 1.34. The van der Waals surface area contributed by atoms with Gasteiger partial charge in [-0.25, -0.2) is 8.78 Å². The molecule has 0 aromatic heterocycles. The Kier molecular flexibility index (Phi) is 3.31. The number of thioether (sulfide) groups is 1. The van der Waals surface area contributed by atoms with Crippen LogP contribution in [0.1, 0.15) is 25.3 Å². The van der Waals surface area contributed by atoms with Gasteiger partial charge in [-0.05, 0) is 24.3 Å². The zero-order valence-electron chi connectivity index (χ0n) is 7.90. The first kappa shape index (κ1) is 10.5. The third kappa shape index (κ3) is 2.21. The fourth-order valence-corrected chi connectivity index (χ4v) is 1.67. The molecule has 1 aromatic carbocycles. The van der Waals surface area contributed by atoms with Crippen molar-refractivity contribution in [1.29, 1.82) is 0 Å². The van der Waals surface area contributed by atoms with E-state index in [-0.39, 0.29) is 11.5 Å². The molecule has 0 aliphatic carbocycles. The summed E-state index contributed by atoms with van der Waals surface area (Å²) in [5.41, 5.74) is 0.179. The molecule has 3 heteroatoms. The second-order valence-corrected chi connectivity index (χ2v) is 4.04. The molecule has 72 valence electrons. The smallest absolute Gasteiger partial charge is 0.130 e. The highest BCUT2D eigenvalue weighted by Gasteiger charge is 2.13. The standard InChI is InChI=1S/C10H12F2S/c1-6(2)10-8(11)4-7(13-3)5-9(10)12/h4-6H,1-3H3. The summed E-state index contributed by atoms with van der Waals surface area (Å²) in [6.45, 7) is 3.56. The molecule has 0 unspecified atom stereocenters. The molecular formula is C10H12F2S. The van der Waals surface area contributed by atoms with E-state index in [0.29, 0.717) is 4.90 Å². The van der Waals surface area contributed by atoms with Crippen LogP contribution in [0.5, 0.6) is 0 Å². The second kappa shape index (κ2) is 4.09. The van der Waals surface area contributed by atoms with E-state index >= 15 is 0 Å². The molecule has 0 nitrogen and oxygen atoms in total. The van der Waals surface area contributed by atoms with Crippen LogP contribution in [0.25, 0.3) is 0 Å². The summed E-state index contributed by atoms with van der Waals surface area (Å²) in [7, 11) is 0. The summed E-state index contributed by atoms with van der Waals surface area (Å²) < 4.78 is 26.6. The first-order chi connectivity index (χ1) is 6.06. The van der Waals surface area contributed by atoms with E-state index in [1.54, 1.807) is 20.1 Å². The Balaban J connectivity index is 3.23. The van der Waals surface area contributed by atoms with Gasteiger partial charge in [0.1, 0.15) is 11.6 Å². The van der Waals surface area contributed by atoms with Crippen molar-refractivity contribution in [3.63, 3.8) is 0 Å². The summed E-state index contributed by atoms with van der Waals surface area (Å²) in [6.07, 6.45) is 1.79. The molecule has 0 saturated heterocycles. The molecule has 0 aliphatic rings. The maximum absolute atomic E-state index is 13.3. The number of rotatable bonds is 2. The molecule has 0 amide bonds. The lowest BCUT2D eigenvalue weighted by molar-refractivity contribution is 0.536. The zero-order valence-corrected chi connectivity index (χ0v) is 8.71. The lowest BCUT2D eigenvalue weighted by Crippen LogP contribution is -1.98. The van der Waals surface area contributed by atoms with Crippen molar-refractivity contribution in [1.82, 2.24) is 0 Å². The van der Waals surface area contributed by atoms with Gasteiger partial charge in [0.05, 0.1) is 0 Å². The third-order valence-corrected chi connectivity index (χ3v) is 2.57. The second-order valence-electron chi connectivity index (χ2n) is 3.16. The minimum Gasteiger partial charge on any atom is -0.207 e. The van der Waals surface area contributed by atoms with Gasteiger partial charge in [-0.15, -0.1) is 11.8 Å². The fraction of sp³-hybridized carbons (Fsp3) is 0.400. The Labute approximate surface area is 81.3 Å². The highest BCUT2D eigenvalue weighted by atomic mass is 32.2. The Bertz CT molecular complexity index is 285. The maximum atomic E-state index is 13.3. The third-order valence-electron chi connectivity index (χ3n) is 1.87. The topological polar surface area (TPSA) is 0 Å². The summed E-state index contributed by atoms with van der Waals surface area (Å²) in [5, 5.41) is 0.